The van der Waals surface area contributed by atoms with Gasteiger partial charge in [-0.15, -0.1) is 0 Å². The highest BCUT2D eigenvalue weighted by atomic mass is 19.4. The second-order valence-corrected chi connectivity index (χ2v) is 9.62. The van der Waals surface area contributed by atoms with Crippen molar-refractivity contribution < 1.29 is 17.9 Å². The first-order chi connectivity index (χ1) is 17.5. The zero-order valence-corrected chi connectivity index (χ0v) is 19.8. The average Bonchev–Trinajstić information content (AvgIpc) is 3.27. The van der Waals surface area contributed by atoms with E-state index in [4.69, 9.17) is 9.72 Å². The van der Waals surface area contributed by atoms with Crippen LogP contribution >= 0.6 is 0 Å². The van der Waals surface area contributed by atoms with Crippen LogP contribution in [-0.4, -0.2) is 89.4 Å². The topological polar surface area (TPSA) is 94.2 Å². The summed E-state index contributed by atoms with van der Waals surface area (Å²) in [6.07, 6.45) is -0.253. The number of anilines is 2. The van der Waals surface area contributed by atoms with Gasteiger partial charge in [-0.25, -0.2) is 15.0 Å². The largest absolute Gasteiger partial charge is 0.419 e. The van der Waals surface area contributed by atoms with Gasteiger partial charge in [-0.2, -0.15) is 13.2 Å². The van der Waals surface area contributed by atoms with Gasteiger partial charge in [-0.1, -0.05) is 0 Å². The van der Waals surface area contributed by atoms with Crippen molar-refractivity contribution in [1.82, 2.24) is 30.2 Å². The third-order valence-corrected chi connectivity index (χ3v) is 7.28. The third kappa shape index (κ3) is 4.60. The molecule has 3 saturated heterocycles. The lowest BCUT2D eigenvalue weighted by Crippen LogP contribution is -2.56. The Morgan fingerprint density at radius 3 is 2.61 bits per heavy atom. The van der Waals surface area contributed by atoms with E-state index in [-0.39, 0.29) is 17.7 Å². The number of hydrogen-bond acceptors (Lipinski definition) is 8. The van der Waals surface area contributed by atoms with Gasteiger partial charge in [0.2, 0.25) is 5.95 Å². The molecule has 3 N–H and O–H groups in total. The Hall–Kier alpha value is -2.96. The van der Waals surface area contributed by atoms with Gasteiger partial charge in [0.05, 0.1) is 24.9 Å². The van der Waals surface area contributed by atoms with Crippen LogP contribution in [0.15, 0.2) is 24.5 Å². The quantitative estimate of drug-likeness (QED) is 0.491. The van der Waals surface area contributed by atoms with Gasteiger partial charge < -0.3 is 25.3 Å². The maximum atomic E-state index is 13.9. The van der Waals surface area contributed by atoms with Crippen molar-refractivity contribution >= 4 is 22.8 Å². The lowest BCUT2D eigenvalue weighted by atomic mass is 10.1. The number of alkyl halides is 3. The molecule has 3 aliphatic rings. The molecular formula is C24H29F3N8O. The molecule has 0 unspecified atom stereocenters. The molecule has 3 aromatic rings. The number of pyridine rings is 1. The van der Waals surface area contributed by atoms with E-state index in [1.165, 1.54) is 0 Å². The fraction of sp³-hybridized carbons (Fsp3) is 0.542. The van der Waals surface area contributed by atoms with Crippen molar-refractivity contribution in [3.8, 4) is 11.3 Å². The molecule has 1 atom stereocenters. The molecule has 0 spiro atoms. The molecule has 0 radical (unpaired) electrons. The summed E-state index contributed by atoms with van der Waals surface area (Å²) in [6.45, 7) is 6.82. The van der Waals surface area contributed by atoms with E-state index in [1.54, 1.807) is 6.20 Å². The molecular weight excluding hydrogens is 473 g/mol. The highest BCUT2D eigenvalue weighted by molar-refractivity contribution is 5.94. The summed E-state index contributed by atoms with van der Waals surface area (Å²) in [5.74, 6) is 1.01. The fourth-order valence-electron chi connectivity index (χ4n) is 5.14. The summed E-state index contributed by atoms with van der Waals surface area (Å²) in [4.78, 5) is 20.8. The Labute approximate surface area is 206 Å². The maximum Gasteiger partial charge on any atom is 0.419 e. The highest BCUT2D eigenvalue weighted by Crippen LogP contribution is 2.39. The number of H-pyrrole nitrogens is 1. The number of halogens is 3. The van der Waals surface area contributed by atoms with Gasteiger partial charge in [0.1, 0.15) is 17.0 Å². The van der Waals surface area contributed by atoms with Gasteiger partial charge in [-0.05, 0) is 31.5 Å². The Bertz CT molecular complexity index is 1210. The molecule has 3 fully saturated rings. The summed E-state index contributed by atoms with van der Waals surface area (Å²) in [7, 11) is 0. The first-order valence-electron chi connectivity index (χ1n) is 12.4. The lowest BCUT2D eigenvalue weighted by molar-refractivity contribution is -0.137. The van der Waals surface area contributed by atoms with Crippen LogP contribution in [-0.2, 0) is 10.9 Å². The van der Waals surface area contributed by atoms with Crippen LogP contribution in [0.5, 0.6) is 0 Å². The standard InChI is InChI=1S/C24H29F3N8O/c25-24(26,27)19-12-30-23(31-15-2-1-5-28-10-15)33-21(19)18-11-29-22-17(18)3-4-20(32-22)35-8-6-34(7-9-35)16-13-36-14-16/h3-4,11-12,15-16,28H,1-2,5-10,13-14H2,(H,29,32)(H,30,31,33)/t15-/m0/s1. The van der Waals surface area contributed by atoms with E-state index in [1.807, 2.05) is 12.1 Å². The Morgan fingerprint density at radius 2 is 1.92 bits per heavy atom. The van der Waals surface area contributed by atoms with Crippen molar-refractivity contribution in [3.63, 3.8) is 0 Å². The van der Waals surface area contributed by atoms with Crippen LogP contribution in [0.2, 0.25) is 0 Å². The number of rotatable bonds is 5. The van der Waals surface area contributed by atoms with Crippen molar-refractivity contribution in [2.45, 2.75) is 31.1 Å². The molecule has 3 aliphatic heterocycles. The van der Waals surface area contributed by atoms with Crippen LogP contribution < -0.4 is 15.5 Å². The van der Waals surface area contributed by atoms with Crippen molar-refractivity contribution in [3.05, 3.63) is 30.1 Å². The normalized spacial score (nSPS) is 22.1. The van der Waals surface area contributed by atoms with Crippen molar-refractivity contribution in [2.75, 3.05) is 62.7 Å². The number of hydrogen-bond donors (Lipinski definition) is 3. The van der Waals surface area contributed by atoms with E-state index in [0.717, 1.165) is 77.3 Å². The Morgan fingerprint density at radius 1 is 1.08 bits per heavy atom. The molecule has 6 heterocycles. The van der Waals surface area contributed by atoms with Gasteiger partial charge in [-0.3, -0.25) is 4.90 Å². The van der Waals surface area contributed by atoms with Gasteiger partial charge in [0, 0.05) is 62.1 Å². The number of piperazine rings is 1. The summed E-state index contributed by atoms with van der Waals surface area (Å²) in [5, 5.41) is 7.06. The monoisotopic (exact) mass is 502 g/mol. The first kappa shape index (κ1) is 23.4. The Balaban J connectivity index is 1.27. The number of ether oxygens (including phenoxy) is 1. The molecule has 0 amide bonds. The number of nitrogens with zero attached hydrogens (tertiary/aromatic N) is 5. The third-order valence-electron chi connectivity index (χ3n) is 7.28. The van der Waals surface area contributed by atoms with Crippen LogP contribution in [0.1, 0.15) is 18.4 Å². The van der Waals surface area contributed by atoms with Crippen LogP contribution in [0.3, 0.4) is 0 Å². The van der Waals surface area contributed by atoms with E-state index in [2.05, 4.69) is 35.4 Å². The molecule has 0 bridgehead atoms. The predicted octanol–water partition coefficient (Wildman–Crippen LogP) is 2.72. The van der Waals surface area contributed by atoms with E-state index in [0.29, 0.717) is 22.6 Å². The molecule has 0 aromatic carbocycles. The Kier molecular flexibility index (Phi) is 6.18. The molecule has 0 saturated carbocycles. The average molecular weight is 503 g/mol. The molecule has 192 valence electrons. The lowest BCUT2D eigenvalue weighted by Gasteiger charge is -2.42. The summed E-state index contributed by atoms with van der Waals surface area (Å²) >= 11 is 0. The zero-order chi connectivity index (χ0) is 24.7. The number of aromatic nitrogens is 4. The first-order valence-corrected chi connectivity index (χ1v) is 12.4. The van der Waals surface area contributed by atoms with E-state index < -0.39 is 11.7 Å². The summed E-state index contributed by atoms with van der Waals surface area (Å²) in [5.41, 5.74) is -0.120. The van der Waals surface area contributed by atoms with Gasteiger partial charge in [0.15, 0.2) is 0 Å². The highest BCUT2D eigenvalue weighted by Gasteiger charge is 2.36. The zero-order valence-electron chi connectivity index (χ0n) is 19.8. The van der Waals surface area contributed by atoms with Crippen LogP contribution in [0.4, 0.5) is 24.9 Å². The second-order valence-electron chi connectivity index (χ2n) is 9.62. The second kappa shape index (κ2) is 9.49. The molecule has 0 aliphatic carbocycles. The molecule has 12 heteroatoms. The minimum Gasteiger partial charge on any atom is -0.378 e. The molecule has 36 heavy (non-hydrogen) atoms. The van der Waals surface area contributed by atoms with E-state index >= 15 is 0 Å². The summed E-state index contributed by atoms with van der Waals surface area (Å²) < 4.78 is 47.0. The maximum absolute atomic E-state index is 13.9. The van der Waals surface area contributed by atoms with Crippen LogP contribution in [0, 0.1) is 0 Å². The van der Waals surface area contributed by atoms with Crippen molar-refractivity contribution in [2.24, 2.45) is 0 Å². The van der Waals surface area contributed by atoms with E-state index in [9.17, 15) is 13.2 Å². The van der Waals surface area contributed by atoms with Gasteiger partial charge in [0.25, 0.3) is 0 Å². The predicted molar refractivity (Wildman–Crippen MR) is 130 cm³/mol. The number of aromatic amines is 1. The van der Waals surface area contributed by atoms with Gasteiger partial charge >= 0.3 is 6.18 Å². The number of nitrogens with one attached hydrogen (secondary N) is 3. The number of piperidine rings is 1. The fourth-order valence-corrected chi connectivity index (χ4v) is 5.14. The molecule has 6 rings (SSSR count). The molecule has 9 nitrogen and oxygen atoms in total. The number of fused-ring (bicyclic) bond motifs is 1. The molecule has 3 aromatic heterocycles. The van der Waals surface area contributed by atoms with Crippen LogP contribution in [0.25, 0.3) is 22.3 Å². The minimum atomic E-state index is -4.58. The SMILES string of the molecule is FC(F)(F)c1cnc(N[C@H]2CCCNC2)nc1-c1c[nH]c2nc(N3CCN(C4COC4)CC3)ccc12. The minimum absolute atomic E-state index is 0.0767. The summed E-state index contributed by atoms with van der Waals surface area (Å²) in [6, 6.07) is 4.30. The smallest absolute Gasteiger partial charge is 0.378 e. The van der Waals surface area contributed by atoms with Crippen molar-refractivity contribution in [1.29, 1.82) is 0 Å².